The zero-order valence-corrected chi connectivity index (χ0v) is 18.7. The van der Waals surface area contributed by atoms with E-state index < -0.39 is 11.6 Å². The summed E-state index contributed by atoms with van der Waals surface area (Å²) in [5.41, 5.74) is 3.12. The van der Waals surface area contributed by atoms with E-state index >= 15 is 0 Å². The SMILES string of the molecule is Cc1ccc(C2CCN(C[C@H]3CC[C@@H](NC(=O)/C=C/c4cc(F)cc(F)c4)C3)CC2)cc1. The number of piperidine rings is 1. The second-order valence-electron chi connectivity index (χ2n) is 9.41. The van der Waals surface area contributed by atoms with Crippen LogP contribution in [0.15, 0.2) is 48.5 Å². The number of rotatable bonds is 6. The van der Waals surface area contributed by atoms with Crippen molar-refractivity contribution in [3.63, 3.8) is 0 Å². The molecule has 1 N–H and O–H groups in total. The molecule has 1 amide bonds. The Kier molecular flexibility index (Phi) is 7.36. The highest BCUT2D eigenvalue weighted by Crippen LogP contribution is 2.31. The summed E-state index contributed by atoms with van der Waals surface area (Å²) in [6, 6.07) is 12.4. The summed E-state index contributed by atoms with van der Waals surface area (Å²) in [6.07, 6.45) is 8.33. The van der Waals surface area contributed by atoms with E-state index in [4.69, 9.17) is 0 Å². The highest BCUT2D eigenvalue weighted by atomic mass is 19.1. The van der Waals surface area contributed by atoms with E-state index in [1.165, 1.54) is 48.3 Å². The number of nitrogens with zero attached hydrogens (tertiary/aromatic N) is 1. The number of hydrogen-bond donors (Lipinski definition) is 1. The first-order chi connectivity index (χ1) is 15.4. The quantitative estimate of drug-likeness (QED) is 0.608. The van der Waals surface area contributed by atoms with Gasteiger partial charge in [-0.3, -0.25) is 4.79 Å². The van der Waals surface area contributed by atoms with Crippen molar-refractivity contribution in [1.82, 2.24) is 10.2 Å². The minimum absolute atomic E-state index is 0.173. The Morgan fingerprint density at radius 2 is 1.72 bits per heavy atom. The molecule has 3 nitrogen and oxygen atoms in total. The first-order valence-electron chi connectivity index (χ1n) is 11.7. The van der Waals surface area contributed by atoms with Gasteiger partial charge in [-0.15, -0.1) is 0 Å². The lowest BCUT2D eigenvalue weighted by Crippen LogP contribution is -2.37. The summed E-state index contributed by atoms with van der Waals surface area (Å²) in [6.45, 7) is 5.51. The average molecular weight is 439 g/mol. The Morgan fingerprint density at radius 1 is 1.03 bits per heavy atom. The summed E-state index contributed by atoms with van der Waals surface area (Å²) in [5.74, 6) is -0.226. The van der Waals surface area contributed by atoms with Gasteiger partial charge in [0.15, 0.2) is 0 Å². The van der Waals surface area contributed by atoms with Crippen molar-refractivity contribution in [3.05, 3.63) is 76.9 Å². The molecule has 2 aliphatic rings. The molecule has 170 valence electrons. The summed E-state index contributed by atoms with van der Waals surface area (Å²) < 4.78 is 26.5. The highest BCUT2D eigenvalue weighted by Gasteiger charge is 2.28. The van der Waals surface area contributed by atoms with Crippen LogP contribution in [0.2, 0.25) is 0 Å². The van der Waals surface area contributed by atoms with E-state index in [2.05, 4.69) is 41.4 Å². The number of hydrogen-bond acceptors (Lipinski definition) is 2. The van der Waals surface area contributed by atoms with E-state index in [9.17, 15) is 13.6 Å². The van der Waals surface area contributed by atoms with Crippen molar-refractivity contribution in [2.75, 3.05) is 19.6 Å². The molecule has 1 saturated heterocycles. The van der Waals surface area contributed by atoms with Crippen LogP contribution in [0.25, 0.3) is 6.08 Å². The molecule has 0 unspecified atom stereocenters. The molecule has 2 aromatic rings. The predicted octanol–water partition coefficient (Wildman–Crippen LogP) is 5.45. The molecule has 1 heterocycles. The molecule has 1 saturated carbocycles. The fourth-order valence-corrected chi connectivity index (χ4v) is 5.12. The van der Waals surface area contributed by atoms with Crippen molar-refractivity contribution in [2.24, 2.45) is 5.92 Å². The molecular formula is C27H32F2N2O. The van der Waals surface area contributed by atoms with Gasteiger partial charge in [-0.1, -0.05) is 29.8 Å². The van der Waals surface area contributed by atoms with Gasteiger partial charge in [0.05, 0.1) is 0 Å². The van der Waals surface area contributed by atoms with Crippen LogP contribution in [0.1, 0.15) is 54.7 Å². The Balaban J connectivity index is 1.19. The maximum atomic E-state index is 13.3. The summed E-state index contributed by atoms with van der Waals surface area (Å²) >= 11 is 0. The minimum Gasteiger partial charge on any atom is -0.350 e. The van der Waals surface area contributed by atoms with Crippen LogP contribution >= 0.6 is 0 Å². The Hall–Kier alpha value is -2.53. The second-order valence-corrected chi connectivity index (χ2v) is 9.41. The van der Waals surface area contributed by atoms with Crippen molar-refractivity contribution in [2.45, 2.75) is 51.0 Å². The topological polar surface area (TPSA) is 32.3 Å². The van der Waals surface area contributed by atoms with Gasteiger partial charge in [0.2, 0.25) is 5.91 Å². The van der Waals surface area contributed by atoms with Crippen LogP contribution < -0.4 is 5.32 Å². The third kappa shape index (κ3) is 6.26. The molecule has 0 radical (unpaired) electrons. The largest absolute Gasteiger partial charge is 0.350 e. The third-order valence-electron chi connectivity index (χ3n) is 6.85. The maximum Gasteiger partial charge on any atom is 0.244 e. The van der Waals surface area contributed by atoms with Crippen LogP contribution in [0.3, 0.4) is 0 Å². The number of carbonyl (C=O) groups is 1. The van der Waals surface area contributed by atoms with Crippen LogP contribution in [0, 0.1) is 24.5 Å². The highest BCUT2D eigenvalue weighted by molar-refractivity contribution is 5.91. The Bertz CT molecular complexity index is 928. The molecule has 0 aromatic heterocycles. The zero-order valence-electron chi connectivity index (χ0n) is 18.7. The lowest BCUT2D eigenvalue weighted by Gasteiger charge is -2.33. The number of aryl methyl sites for hydroxylation is 1. The van der Waals surface area contributed by atoms with Crippen molar-refractivity contribution in [1.29, 1.82) is 0 Å². The number of halogens is 2. The van der Waals surface area contributed by atoms with Gasteiger partial charge >= 0.3 is 0 Å². The average Bonchev–Trinajstić information content (AvgIpc) is 3.19. The smallest absolute Gasteiger partial charge is 0.244 e. The lowest BCUT2D eigenvalue weighted by atomic mass is 9.88. The van der Waals surface area contributed by atoms with Crippen LogP contribution in [0.5, 0.6) is 0 Å². The van der Waals surface area contributed by atoms with Gasteiger partial charge < -0.3 is 10.2 Å². The molecule has 0 bridgehead atoms. The molecule has 32 heavy (non-hydrogen) atoms. The maximum absolute atomic E-state index is 13.3. The number of benzene rings is 2. The predicted molar refractivity (Wildman–Crippen MR) is 124 cm³/mol. The summed E-state index contributed by atoms with van der Waals surface area (Å²) in [4.78, 5) is 14.8. The molecule has 5 heteroatoms. The molecule has 1 aliphatic heterocycles. The zero-order chi connectivity index (χ0) is 22.5. The Labute approximate surface area is 189 Å². The standard InChI is InChI=1S/C27H32F2N2O/c1-19-2-6-22(7-3-19)23-10-12-31(13-11-23)18-21-4-8-26(16-21)30-27(32)9-5-20-14-24(28)17-25(29)15-20/h2-3,5-7,9,14-15,17,21,23,26H,4,8,10-13,16,18H2,1H3,(H,30,32)/b9-5+/t21-,26+/m0/s1. The van der Waals surface area contributed by atoms with Crippen LogP contribution in [-0.4, -0.2) is 36.5 Å². The first kappa shape index (κ1) is 22.7. The summed E-state index contributed by atoms with van der Waals surface area (Å²) in [7, 11) is 0. The fraction of sp³-hybridized carbons (Fsp3) is 0.444. The van der Waals surface area contributed by atoms with Crippen molar-refractivity contribution >= 4 is 12.0 Å². The number of amides is 1. The summed E-state index contributed by atoms with van der Waals surface area (Å²) in [5, 5.41) is 3.05. The molecule has 1 aliphatic carbocycles. The lowest BCUT2D eigenvalue weighted by molar-refractivity contribution is -0.117. The number of nitrogens with one attached hydrogen (secondary N) is 1. The van der Waals surface area contributed by atoms with Gasteiger partial charge in [-0.25, -0.2) is 8.78 Å². The molecule has 4 rings (SSSR count). The molecule has 2 aromatic carbocycles. The van der Waals surface area contributed by atoms with Crippen molar-refractivity contribution in [3.8, 4) is 0 Å². The van der Waals surface area contributed by atoms with E-state index in [1.807, 2.05) is 0 Å². The number of likely N-dealkylation sites (tertiary alicyclic amines) is 1. The van der Waals surface area contributed by atoms with E-state index in [-0.39, 0.29) is 11.9 Å². The molecule has 0 spiro atoms. The van der Waals surface area contributed by atoms with E-state index in [1.54, 1.807) is 0 Å². The molecular weight excluding hydrogens is 406 g/mol. The van der Waals surface area contributed by atoms with Gasteiger partial charge in [0, 0.05) is 24.7 Å². The van der Waals surface area contributed by atoms with Gasteiger partial charge in [-0.05, 0) is 93.3 Å². The first-order valence-corrected chi connectivity index (χ1v) is 11.7. The van der Waals surface area contributed by atoms with Gasteiger partial charge in [-0.2, -0.15) is 0 Å². The van der Waals surface area contributed by atoms with Crippen LogP contribution in [0.4, 0.5) is 8.78 Å². The minimum atomic E-state index is -0.647. The second kappa shape index (κ2) is 10.4. The third-order valence-corrected chi connectivity index (χ3v) is 6.85. The van der Waals surface area contributed by atoms with Gasteiger partial charge in [0.25, 0.3) is 0 Å². The van der Waals surface area contributed by atoms with Gasteiger partial charge in [0.1, 0.15) is 11.6 Å². The Morgan fingerprint density at radius 3 is 2.41 bits per heavy atom. The monoisotopic (exact) mass is 438 g/mol. The van der Waals surface area contributed by atoms with Crippen LogP contribution in [-0.2, 0) is 4.79 Å². The fourth-order valence-electron chi connectivity index (χ4n) is 5.12. The van der Waals surface area contributed by atoms with E-state index in [0.717, 1.165) is 45.0 Å². The molecule has 2 fully saturated rings. The number of carbonyl (C=O) groups excluding carboxylic acids is 1. The normalized spacial score (nSPS) is 22.5. The van der Waals surface area contributed by atoms with Crippen molar-refractivity contribution < 1.29 is 13.6 Å². The molecule has 2 atom stereocenters. The van der Waals surface area contributed by atoms with E-state index in [0.29, 0.717) is 17.4 Å².